The molecule has 1 atom stereocenters. The molecule has 7 nitrogen and oxygen atoms in total. The van der Waals surface area contributed by atoms with Crippen molar-refractivity contribution in [3.05, 3.63) is 106 Å². The van der Waals surface area contributed by atoms with Crippen LogP contribution in [0.15, 0.2) is 72.9 Å². The van der Waals surface area contributed by atoms with Gasteiger partial charge in [-0.2, -0.15) is 0 Å². The second kappa shape index (κ2) is 12.6. The molecule has 1 N–H and O–H groups in total. The summed E-state index contributed by atoms with van der Waals surface area (Å²) in [5.41, 5.74) is 4.02. The minimum atomic E-state index is -0.641. The maximum absolute atomic E-state index is 13.5. The molecule has 2 aromatic carbocycles. The highest BCUT2D eigenvalue weighted by Gasteiger charge is 2.25. The summed E-state index contributed by atoms with van der Waals surface area (Å²) in [5.74, 6) is 0.282. The van der Waals surface area contributed by atoms with Crippen LogP contribution < -0.4 is 5.32 Å². The molecule has 0 saturated carbocycles. The van der Waals surface area contributed by atoms with Crippen molar-refractivity contribution in [2.24, 2.45) is 0 Å². The number of benzene rings is 2. The number of esters is 1. The third kappa shape index (κ3) is 6.34. The second-order valence-electron chi connectivity index (χ2n) is 9.28. The molecule has 0 aliphatic heterocycles. The molecule has 0 saturated heterocycles. The molecule has 0 radical (unpaired) electrons. The van der Waals surface area contributed by atoms with Crippen LogP contribution in [0, 0.1) is 6.92 Å². The van der Waals surface area contributed by atoms with Gasteiger partial charge in [-0.15, -0.1) is 0 Å². The van der Waals surface area contributed by atoms with Crippen molar-refractivity contribution >= 4 is 29.2 Å². The first kappa shape index (κ1) is 27.2. The Morgan fingerprint density at radius 3 is 2.45 bits per heavy atom. The first-order valence-electron chi connectivity index (χ1n) is 12.8. The molecule has 0 aliphatic carbocycles. The molecule has 38 heavy (non-hydrogen) atoms. The van der Waals surface area contributed by atoms with Crippen molar-refractivity contribution in [3.8, 4) is 0 Å². The minimum absolute atomic E-state index is 0.220. The van der Waals surface area contributed by atoms with Gasteiger partial charge in [0.2, 0.25) is 5.91 Å². The zero-order valence-electron chi connectivity index (χ0n) is 22.0. The minimum Gasteiger partial charge on any atom is -0.464 e. The zero-order chi connectivity index (χ0) is 27.1. The van der Waals surface area contributed by atoms with Crippen molar-refractivity contribution in [1.29, 1.82) is 0 Å². The van der Waals surface area contributed by atoms with E-state index in [9.17, 15) is 9.59 Å². The fourth-order valence-electron chi connectivity index (χ4n) is 4.49. The highest BCUT2D eigenvalue weighted by molar-refractivity contribution is 6.30. The van der Waals surface area contributed by atoms with E-state index in [4.69, 9.17) is 16.3 Å². The molecule has 0 fully saturated rings. The van der Waals surface area contributed by atoms with Crippen molar-refractivity contribution in [1.82, 2.24) is 14.1 Å². The van der Waals surface area contributed by atoms with E-state index in [1.165, 1.54) is 7.11 Å². The van der Waals surface area contributed by atoms with Gasteiger partial charge in [-0.05, 0) is 48.7 Å². The number of anilines is 1. The van der Waals surface area contributed by atoms with Gasteiger partial charge in [0.25, 0.3) is 0 Å². The fraction of sp³-hybridized carbons (Fsp3) is 0.300. The van der Waals surface area contributed by atoms with E-state index in [1.807, 2.05) is 61.5 Å². The number of carbonyl (C=O) groups excluding carboxylic acids is 2. The Balaban J connectivity index is 1.53. The number of aromatic nitrogens is 3. The lowest BCUT2D eigenvalue weighted by Gasteiger charge is -2.21. The van der Waals surface area contributed by atoms with Crippen LogP contribution in [0.2, 0.25) is 5.15 Å². The number of hydrogen-bond acceptors (Lipinski definition) is 4. The normalized spacial score (nSPS) is 11.8. The second-order valence-corrected chi connectivity index (χ2v) is 9.64. The number of amides is 1. The number of nitrogens with zero attached hydrogens (tertiary/aromatic N) is 3. The summed E-state index contributed by atoms with van der Waals surface area (Å²) in [6, 6.07) is 20.3. The van der Waals surface area contributed by atoms with Gasteiger partial charge in [-0.1, -0.05) is 67.4 Å². The fourth-order valence-corrected chi connectivity index (χ4v) is 4.69. The number of aryl methyl sites for hydroxylation is 1. The van der Waals surface area contributed by atoms with E-state index >= 15 is 0 Å². The van der Waals surface area contributed by atoms with Gasteiger partial charge in [-0.25, -0.2) is 9.78 Å². The van der Waals surface area contributed by atoms with Gasteiger partial charge in [-0.3, -0.25) is 4.79 Å². The van der Waals surface area contributed by atoms with Crippen LogP contribution in [0.5, 0.6) is 0 Å². The predicted octanol–water partition coefficient (Wildman–Crippen LogP) is 6.25. The quantitative estimate of drug-likeness (QED) is 0.232. The van der Waals surface area contributed by atoms with Gasteiger partial charge < -0.3 is 19.2 Å². The van der Waals surface area contributed by atoms with E-state index in [2.05, 4.69) is 21.8 Å². The third-order valence-corrected chi connectivity index (χ3v) is 7.00. The molecule has 0 aliphatic rings. The number of halogens is 1. The molecular formula is C30H33ClN4O3. The van der Waals surface area contributed by atoms with E-state index in [0.29, 0.717) is 29.5 Å². The molecule has 0 unspecified atom stereocenters. The Labute approximate surface area is 228 Å². The summed E-state index contributed by atoms with van der Waals surface area (Å²) >= 11 is 6.32. The highest BCUT2D eigenvalue weighted by Crippen LogP contribution is 2.23. The van der Waals surface area contributed by atoms with Gasteiger partial charge in [0.15, 0.2) is 0 Å². The lowest BCUT2D eigenvalue weighted by atomic mass is 10.0. The van der Waals surface area contributed by atoms with Crippen LogP contribution in [0.4, 0.5) is 5.69 Å². The maximum atomic E-state index is 13.5. The first-order chi connectivity index (χ1) is 18.4. The molecule has 198 valence electrons. The number of unbranched alkanes of at least 4 members (excludes halogenated alkanes) is 1. The van der Waals surface area contributed by atoms with Gasteiger partial charge >= 0.3 is 5.97 Å². The van der Waals surface area contributed by atoms with Crippen molar-refractivity contribution in [2.75, 3.05) is 12.4 Å². The summed E-state index contributed by atoms with van der Waals surface area (Å²) in [6.07, 6.45) is 5.18. The molecule has 4 aromatic rings. The molecular weight excluding hydrogens is 500 g/mol. The van der Waals surface area contributed by atoms with Crippen LogP contribution in [-0.2, 0) is 28.9 Å². The Hall–Kier alpha value is -3.84. The number of nitrogens with one attached hydrogen (secondary N) is 1. The topological polar surface area (TPSA) is 78.2 Å². The highest BCUT2D eigenvalue weighted by atomic mass is 35.5. The van der Waals surface area contributed by atoms with E-state index < -0.39 is 12.0 Å². The molecule has 0 bridgehead atoms. The summed E-state index contributed by atoms with van der Waals surface area (Å²) < 4.78 is 8.76. The average molecular weight is 533 g/mol. The van der Waals surface area contributed by atoms with Crippen LogP contribution in [0.3, 0.4) is 0 Å². The van der Waals surface area contributed by atoms with Crippen LogP contribution in [0.1, 0.15) is 58.9 Å². The molecule has 4 rings (SSSR count). The smallest absolute Gasteiger partial charge is 0.354 e. The van der Waals surface area contributed by atoms with Crippen LogP contribution in [-0.4, -0.2) is 33.1 Å². The maximum Gasteiger partial charge on any atom is 0.354 e. The third-order valence-electron chi connectivity index (χ3n) is 6.64. The molecule has 1 amide bonds. The average Bonchev–Trinajstić information content (AvgIpc) is 3.52. The van der Waals surface area contributed by atoms with Gasteiger partial charge in [0.05, 0.1) is 12.8 Å². The Morgan fingerprint density at radius 2 is 1.76 bits per heavy atom. The summed E-state index contributed by atoms with van der Waals surface area (Å²) in [5, 5.41) is 3.57. The van der Waals surface area contributed by atoms with Crippen molar-refractivity contribution < 1.29 is 14.3 Å². The molecule has 2 heterocycles. The SMILES string of the molecule is CCCCc1nc(Cl)c(C)n1Cc1ccc(NC(=O)[C@H](Cc2ccccc2)n2cccc2C(=O)OC)cc1. The van der Waals surface area contributed by atoms with Crippen molar-refractivity contribution in [2.45, 2.75) is 52.1 Å². The molecule has 2 aromatic heterocycles. The zero-order valence-corrected chi connectivity index (χ0v) is 22.7. The number of hydrogen-bond donors (Lipinski definition) is 1. The number of carbonyl (C=O) groups is 2. The molecule has 0 spiro atoms. The Kier molecular flexibility index (Phi) is 9.02. The Morgan fingerprint density at radius 1 is 1.03 bits per heavy atom. The Bertz CT molecular complexity index is 1380. The van der Waals surface area contributed by atoms with E-state index in [0.717, 1.165) is 41.9 Å². The summed E-state index contributed by atoms with van der Waals surface area (Å²) in [7, 11) is 1.33. The lowest BCUT2D eigenvalue weighted by Crippen LogP contribution is -2.29. The summed E-state index contributed by atoms with van der Waals surface area (Å²) in [4.78, 5) is 30.4. The summed E-state index contributed by atoms with van der Waals surface area (Å²) in [6.45, 7) is 4.79. The lowest BCUT2D eigenvalue weighted by molar-refractivity contribution is -0.119. The van der Waals surface area contributed by atoms with Crippen LogP contribution in [0.25, 0.3) is 0 Å². The number of methoxy groups -OCH3 is 1. The van der Waals surface area contributed by atoms with Gasteiger partial charge in [0.1, 0.15) is 22.7 Å². The first-order valence-corrected chi connectivity index (χ1v) is 13.2. The van der Waals surface area contributed by atoms with Gasteiger partial charge in [0, 0.05) is 31.3 Å². The predicted molar refractivity (Wildman–Crippen MR) is 150 cm³/mol. The van der Waals surface area contributed by atoms with Crippen molar-refractivity contribution in [3.63, 3.8) is 0 Å². The standard InChI is InChI=1S/C30H33ClN4O3/c1-4-5-13-27-33-28(31)21(2)35(27)20-23-14-16-24(17-15-23)32-29(36)26(19-22-10-7-6-8-11-22)34-18-9-12-25(34)30(37)38-3/h6-12,14-18,26H,4-5,13,19-20H2,1-3H3,(H,32,36)/t26-/m0/s1. The number of imidazole rings is 1. The monoisotopic (exact) mass is 532 g/mol. The van der Waals surface area contributed by atoms with E-state index in [1.54, 1.807) is 22.9 Å². The number of rotatable bonds is 11. The number of ether oxygens (including phenoxy) is 1. The largest absolute Gasteiger partial charge is 0.464 e. The van der Waals surface area contributed by atoms with Crippen LogP contribution >= 0.6 is 11.6 Å². The van der Waals surface area contributed by atoms with E-state index in [-0.39, 0.29) is 5.91 Å². The molecule has 8 heteroatoms.